The fraction of sp³-hybridized carbons (Fsp3) is 0.462. The molecule has 1 aliphatic heterocycles. The maximum atomic E-state index is 11.8. The molecular weight excluding hydrogens is 343 g/mol. The van der Waals surface area contributed by atoms with Crippen LogP contribution in [0.2, 0.25) is 0 Å². The first kappa shape index (κ1) is 13.6. The van der Waals surface area contributed by atoms with Gasteiger partial charge in [0.25, 0.3) is 5.91 Å². The number of halogens is 1. The van der Waals surface area contributed by atoms with Gasteiger partial charge in [0.05, 0.1) is 3.57 Å². The van der Waals surface area contributed by atoms with Gasteiger partial charge in [-0.3, -0.25) is 4.79 Å². The van der Waals surface area contributed by atoms with Gasteiger partial charge >= 0.3 is 0 Å². The molecule has 2 rings (SSSR count). The van der Waals surface area contributed by atoms with Crippen LogP contribution < -0.4 is 10.6 Å². The van der Waals surface area contributed by atoms with E-state index in [0.717, 1.165) is 16.5 Å². The highest BCUT2D eigenvalue weighted by Gasteiger charge is 2.14. The highest BCUT2D eigenvalue weighted by Crippen LogP contribution is 2.20. The van der Waals surface area contributed by atoms with Crippen LogP contribution in [0.1, 0.15) is 29.6 Å². The summed E-state index contributed by atoms with van der Waals surface area (Å²) in [5.41, 5.74) is 0.507. The van der Waals surface area contributed by atoms with E-state index in [9.17, 15) is 9.90 Å². The minimum Gasteiger partial charge on any atom is -0.507 e. The Hall–Kier alpha value is -0.820. The van der Waals surface area contributed by atoms with Crippen LogP contribution in [0.25, 0.3) is 0 Å². The van der Waals surface area contributed by atoms with Gasteiger partial charge in [-0.15, -0.1) is 0 Å². The van der Waals surface area contributed by atoms with Gasteiger partial charge in [0.15, 0.2) is 0 Å². The summed E-state index contributed by atoms with van der Waals surface area (Å²) in [7, 11) is 0. The molecule has 1 atom stereocenters. The van der Waals surface area contributed by atoms with E-state index in [0.29, 0.717) is 18.2 Å². The number of amides is 1. The lowest BCUT2D eigenvalue weighted by molar-refractivity contribution is 0.0952. The molecule has 5 heteroatoms. The number of phenols is 1. The molecule has 0 aromatic heterocycles. The number of nitrogens with one attached hydrogen (secondary N) is 2. The SMILES string of the molecule is O=C(NCC[C@H]1CCCN1)c1ccc(I)c(O)c1. The molecule has 1 aliphatic rings. The van der Waals surface area contributed by atoms with E-state index in [-0.39, 0.29) is 11.7 Å². The third-order valence-corrected chi connectivity index (χ3v) is 4.06. The highest BCUT2D eigenvalue weighted by molar-refractivity contribution is 14.1. The summed E-state index contributed by atoms with van der Waals surface area (Å²) in [5.74, 6) is 0.0282. The fourth-order valence-electron chi connectivity index (χ4n) is 2.12. The van der Waals surface area contributed by atoms with E-state index in [1.807, 2.05) is 22.6 Å². The van der Waals surface area contributed by atoms with Crippen molar-refractivity contribution in [3.63, 3.8) is 0 Å². The second-order valence-electron chi connectivity index (χ2n) is 4.50. The van der Waals surface area contributed by atoms with E-state index >= 15 is 0 Å². The van der Waals surface area contributed by atoms with Crippen LogP contribution in [0.3, 0.4) is 0 Å². The van der Waals surface area contributed by atoms with Crippen molar-refractivity contribution in [1.29, 1.82) is 0 Å². The summed E-state index contributed by atoms with van der Waals surface area (Å²) in [5, 5.41) is 15.8. The number of carbonyl (C=O) groups is 1. The van der Waals surface area contributed by atoms with Gasteiger partial charge in [0.1, 0.15) is 5.75 Å². The smallest absolute Gasteiger partial charge is 0.251 e. The maximum absolute atomic E-state index is 11.8. The predicted octanol–water partition coefficient (Wildman–Crippen LogP) is 1.87. The van der Waals surface area contributed by atoms with E-state index in [4.69, 9.17) is 0 Å². The van der Waals surface area contributed by atoms with E-state index < -0.39 is 0 Å². The number of carbonyl (C=O) groups excluding carboxylic acids is 1. The van der Waals surface area contributed by atoms with Crippen LogP contribution in [0.4, 0.5) is 0 Å². The Morgan fingerprint density at radius 1 is 1.56 bits per heavy atom. The van der Waals surface area contributed by atoms with Gasteiger partial charge in [-0.25, -0.2) is 0 Å². The highest BCUT2D eigenvalue weighted by atomic mass is 127. The molecule has 98 valence electrons. The number of aromatic hydroxyl groups is 1. The molecule has 3 N–H and O–H groups in total. The molecule has 1 amide bonds. The molecule has 1 saturated heterocycles. The van der Waals surface area contributed by atoms with Crippen LogP contribution >= 0.6 is 22.6 Å². The zero-order valence-corrected chi connectivity index (χ0v) is 12.2. The monoisotopic (exact) mass is 360 g/mol. The van der Waals surface area contributed by atoms with Crippen molar-refractivity contribution in [1.82, 2.24) is 10.6 Å². The first-order valence-electron chi connectivity index (χ1n) is 6.17. The number of hydrogen-bond acceptors (Lipinski definition) is 3. The Balaban J connectivity index is 1.81. The third-order valence-electron chi connectivity index (χ3n) is 3.15. The van der Waals surface area contributed by atoms with Crippen molar-refractivity contribution in [3.05, 3.63) is 27.3 Å². The Kier molecular flexibility index (Phi) is 4.82. The first-order chi connectivity index (χ1) is 8.66. The van der Waals surface area contributed by atoms with Crippen LogP contribution in [0, 0.1) is 3.57 Å². The van der Waals surface area contributed by atoms with Gasteiger partial charge in [0.2, 0.25) is 0 Å². The van der Waals surface area contributed by atoms with Gasteiger partial charge in [-0.05, 0) is 66.6 Å². The molecule has 0 spiro atoms. The number of phenolic OH excluding ortho intramolecular Hbond substituents is 1. The molecule has 1 aromatic rings. The molecule has 0 bridgehead atoms. The van der Waals surface area contributed by atoms with Crippen molar-refractivity contribution in [2.45, 2.75) is 25.3 Å². The van der Waals surface area contributed by atoms with Crippen LogP contribution in [0.15, 0.2) is 18.2 Å². The van der Waals surface area contributed by atoms with E-state index in [1.54, 1.807) is 12.1 Å². The summed E-state index contributed by atoms with van der Waals surface area (Å²) in [6.07, 6.45) is 3.38. The molecular formula is C13H17IN2O2. The Labute approximate surface area is 120 Å². The summed E-state index contributed by atoms with van der Waals surface area (Å²) in [6.45, 7) is 1.76. The molecule has 1 fully saturated rings. The van der Waals surface area contributed by atoms with Gasteiger partial charge in [-0.1, -0.05) is 0 Å². The molecule has 18 heavy (non-hydrogen) atoms. The number of hydrogen-bond donors (Lipinski definition) is 3. The van der Waals surface area contributed by atoms with E-state index in [2.05, 4.69) is 10.6 Å². The van der Waals surface area contributed by atoms with Crippen molar-refractivity contribution in [2.75, 3.05) is 13.1 Å². The summed E-state index contributed by atoms with van der Waals surface area (Å²) >= 11 is 2.03. The van der Waals surface area contributed by atoms with Gasteiger partial charge in [0, 0.05) is 18.2 Å². The second kappa shape index (κ2) is 6.38. The lowest BCUT2D eigenvalue weighted by Crippen LogP contribution is -2.30. The lowest BCUT2D eigenvalue weighted by atomic mass is 10.1. The second-order valence-corrected chi connectivity index (χ2v) is 5.67. The van der Waals surface area contributed by atoms with Crippen molar-refractivity contribution < 1.29 is 9.90 Å². The maximum Gasteiger partial charge on any atom is 0.251 e. The average molecular weight is 360 g/mol. The molecule has 0 radical (unpaired) electrons. The largest absolute Gasteiger partial charge is 0.507 e. The third kappa shape index (κ3) is 3.58. The lowest BCUT2D eigenvalue weighted by Gasteiger charge is -2.11. The molecule has 4 nitrogen and oxygen atoms in total. The zero-order chi connectivity index (χ0) is 13.0. The molecule has 0 aliphatic carbocycles. The van der Waals surface area contributed by atoms with Gasteiger partial charge in [-0.2, -0.15) is 0 Å². The summed E-state index contributed by atoms with van der Waals surface area (Å²) < 4.78 is 0.749. The first-order valence-corrected chi connectivity index (χ1v) is 7.25. The van der Waals surface area contributed by atoms with E-state index in [1.165, 1.54) is 18.9 Å². The quantitative estimate of drug-likeness (QED) is 0.719. The van der Waals surface area contributed by atoms with Gasteiger partial charge < -0.3 is 15.7 Å². The van der Waals surface area contributed by atoms with Crippen molar-refractivity contribution in [2.24, 2.45) is 0 Å². The normalized spacial score (nSPS) is 18.8. The molecule has 0 saturated carbocycles. The summed E-state index contributed by atoms with van der Waals surface area (Å²) in [4.78, 5) is 11.8. The minimum atomic E-state index is -0.125. The molecule has 1 aromatic carbocycles. The average Bonchev–Trinajstić information content (AvgIpc) is 2.85. The number of benzene rings is 1. The van der Waals surface area contributed by atoms with Crippen LogP contribution in [0.5, 0.6) is 5.75 Å². The van der Waals surface area contributed by atoms with Crippen LogP contribution in [-0.4, -0.2) is 30.1 Å². The molecule has 0 unspecified atom stereocenters. The zero-order valence-electron chi connectivity index (χ0n) is 10.1. The Morgan fingerprint density at radius 2 is 2.39 bits per heavy atom. The topological polar surface area (TPSA) is 61.4 Å². The minimum absolute atomic E-state index is 0.125. The van der Waals surface area contributed by atoms with Crippen molar-refractivity contribution in [3.8, 4) is 5.75 Å². The van der Waals surface area contributed by atoms with Crippen LogP contribution in [-0.2, 0) is 0 Å². The Bertz CT molecular complexity index is 431. The predicted molar refractivity (Wildman–Crippen MR) is 78.8 cm³/mol. The summed E-state index contributed by atoms with van der Waals surface area (Å²) in [6, 6.07) is 5.51. The number of rotatable bonds is 4. The standard InChI is InChI=1S/C13H17IN2O2/c14-11-4-3-9(8-12(11)17)13(18)16-7-5-10-2-1-6-15-10/h3-4,8,10,15,17H,1-2,5-7H2,(H,16,18)/t10-/m1/s1. The Morgan fingerprint density at radius 3 is 3.06 bits per heavy atom. The fourth-order valence-corrected chi connectivity index (χ4v) is 2.45. The van der Waals surface area contributed by atoms with Crippen molar-refractivity contribution >= 4 is 28.5 Å². The molecule has 1 heterocycles.